The number of anilines is 2. The first-order valence-corrected chi connectivity index (χ1v) is 10.7. The van der Waals surface area contributed by atoms with Gasteiger partial charge in [-0.05, 0) is 43.5 Å². The molecule has 11 heteroatoms. The van der Waals surface area contributed by atoms with Gasteiger partial charge in [0, 0.05) is 31.1 Å². The highest BCUT2D eigenvalue weighted by Gasteiger charge is 2.35. The second kappa shape index (κ2) is 8.90. The number of nitrogens with zero attached hydrogens (tertiary/aromatic N) is 1. The Morgan fingerprint density at radius 1 is 1.15 bits per heavy atom. The van der Waals surface area contributed by atoms with E-state index in [1.165, 1.54) is 6.07 Å². The number of ether oxygens (including phenoxy) is 2. The van der Waals surface area contributed by atoms with Gasteiger partial charge in [0.25, 0.3) is 0 Å². The SMILES string of the molecule is O=C1CCc2c(OCC3(O)CCN(c4ccc(OC(F)(F)F)cc4F)CC3)ccc(Cl)c2N1. The minimum Gasteiger partial charge on any atom is -0.490 e. The van der Waals surface area contributed by atoms with Crippen LogP contribution in [0.4, 0.5) is 28.9 Å². The monoisotopic (exact) mass is 488 g/mol. The average Bonchev–Trinajstić information content (AvgIpc) is 2.74. The fraction of sp³-hybridized carbons (Fsp3) is 0.409. The predicted molar refractivity (Wildman–Crippen MR) is 113 cm³/mol. The Morgan fingerprint density at radius 3 is 2.55 bits per heavy atom. The molecule has 2 heterocycles. The minimum absolute atomic E-state index is 0.0102. The molecule has 1 amide bonds. The van der Waals surface area contributed by atoms with Crippen LogP contribution in [-0.2, 0) is 11.2 Å². The maximum atomic E-state index is 14.4. The van der Waals surface area contributed by atoms with Crippen LogP contribution in [0.25, 0.3) is 0 Å². The van der Waals surface area contributed by atoms with Gasteiger partial charge in [0.15, 0.2) is 0 Å². The summed E-state index contributed by atoms with van der Waals surface area (Å²) in [5, 5.41) is 14.1. The number of aliphatic hydroxyl groups is 1. The zero-order valence-electron chi connectivity index (χ0n) is 17.3. The highest BCUT2D eigenvalue weighted by Crippen LogP contribution is 2.38. The van der Waals surface area contributed by atoms with Crippen molar-refractivity contribution in [1.29, 1.82) is 0 Å². The standard InChI is InChI=1S/C22H21ClF4N2O4/c23-15-3-5-18(14-2-6-19(30)28-20(14)15)32-12-21(31)7-9-29(10-8-21)17-4-1-13(11-16(17)24)33-22(25,26)27/h1,3-5,11,31H,2,6-10,12H2,(H,28,30). The van der Waals surface area contributed by atoms with E-state index in [-0.39, 0.29) is 44.1 Å². The third-order valence-corrected chi connectivity index (χ3v) is 6.08. The quantitative estimate of drug-likeness (QED) is 0.598. The fourth-order valence-corrected chi connectivity index (χ4v) is 4.24. The Labute approximate surface area is 192 Å². The number of alkyl halides is 3. The van der Waals surface area contributed by atoms with Gasteiger partial charge in [-0.1, -0.05) is 11.6 Å². The Hall–Kier alpha value is -2.72. The molecule has 0 saturated carbocycles. The molecule has 33 heavy (non-hydrogen) atoms. The summed E-state index contributed by atoms with van der Waals surface area (Å²) < 4.78 is 61.0. The summed E-state index contributed by atoms with van der Waals surface area (Å²) in [7, 11) is 0. The molecule has 0 spiro atoms. The van der Waals surface area contributed by atoms with E-state index in [0.29, 0.717) is 35.4 Å². The van der Waals surface area contributed by atoms with Gasteiger partial charge in [-0.3, -0.25) is 4.79 Å². The smallest absolute Gasteiger partial charge is 0.490 e. The highest BCUT2D eigenvalue weighted by molar-refractivity contribution is 6.34. The summed E-state index contributed by atoms with van der Waals surface area (Å²) in [5.74, 6) is -1.07. The van der Waals surface area contributed by atoms with Gasteiger partial charge in [-0.15, -0.1) is 13.2 Å². The summed E-state index contributed by atoms with van der Waals surface area (Å²) in [6.45, 7) is 0.555. The van der Waals surface area contributed by atoms with Crippen LogP contribution in [0.2, 0.25) is 5.02 Å². The van der Waals surface area contributed by atoms with Crippen LogP contribution in [0.1, 0.15) is 24.8 Å². The first-order valence-electron chi connectivity index (χ1n) is 10.3. The first-order chi connectivity index (χ1) is 15.5. The second-order valence-corrected chi connectivity index (χ2v) is 8.52. The Bertz CT molecular complexity index is 1060. The summed E-state index contributed by atoms with van der Waals surface area (Å²) in [6, 6.07) is 6.28. The molecule has 1 fully saturated rings. The van der Waals surface area contributed by atoms with Crippen LogP contribution in [0.3, 0.4) is 0 Å². The lowest BCUT2D eigenvalue weighted by Crippen LogP contribution is -2.48. The molecule has 0 atom stereocenters. The number of fused-ring (bicyclic) bond motifs is 1. The van der Waals surface area contributed by atoms with E-state index in [1.54, 1.807) is 17.0 Å². The zero-order chi connectivity index (χ0) is 23.8. The van der Waals surface area contributed by atoms with E-state index >= 15 is 0 Å². The van der Waals surface area contributed by atoms with Gasteiger partial charge < -0.3 is 24.8 Å². The molecule has 0 unspecified atom stereocenters. The van der Waals surface area contributed by atoms with Crippen LogP contribution in [-0.4, -0.2) is 42.7 Å². The third kappa shape index (κ3) is 5.44. The molecule has 178 valence electrons. The van der Waals surface area contributed by atoms with Crippen molar-refractivity contribution in [2.45, 2.75) is 37.6 Å². The Balaban J connectivity index is 1.38. The lowest BCUT2D eigenvalue weighted by molar-refractivity contribution is -0.274. The van der Waals surface area contributed by atoms with Crippen molar-refractivity contribution in [1.82, 2.24) is 0 Å². The maximum Gasteiger partial charge on any atom is 0.573 e. The highest BCUT2D eigenvalue weighted by atomic mass is 35.5. The van der Waals surface area contributed by atoms with Gasteiger partial charge in [0.05, 0.1) is 16.4 Å². The molecule has 2 aliphatic heterocycles. The molecule has 2 aliphatic rings. The summed E-state index contributed by atoms with van der Waals surface area (Å²) in [6.07, 6.45) is -3.60. The van der Waals surface area contributed by atoms with Crippen molar-refractivity contribution in [3.05, 3.63) is 46.7 Å². The third-order valence-electron chi connectivity index (χ3n) is 5.77. The largest absolute Gasteiger partial charge is 0.573 e. The van der Waals surface area contributed by atoms with Gasteiger partial charge in [0.1, 0.15) is 29.5 Å². The fourth-order valence-electron chi connectivity index (χ4n) is 4.02. The molecule has 4 rings (SSSR count). The van der Waals surface area contributed by atoms with E-state index in [9.17, 15) is 27.5 Å². The van der Waals surface area contributed by atoms with Crippen LogP contribution in [0.15, 0.2) is 30.3 Å². The molecular formula is C22H21ClF4N2O4. The molecule has 1 saturated heterocycles. The van der Waals surface area contributed by atoms with E-state index in [1.807, 2.05) is 0 Å². The van der Waals surface area contributed by atoms with E-state index in [4.69, 9.17) is 16.3 Å². The number of carbonyl (C=O) groups is 1. The van der Waals surface area contributed by atoms with Crippen molar-refractivity contribution in [2.75, 3.05) is 29.9 Å². The van der Waals surface area contributed by atoms with Crippen molar-refractivity contribution in [3.8, 4) is 11.5 Å². The number of halogens is 5. The Kier molecular flexibility index (Phi) is 6.32. The molecule has 2 aromatic rings. The topological polar surface area (TPSA) is 71.0 Å². The number of rotatable bonds is 5. The van der Waals surface area contributed by atoms with Crippen LogP contribution in [0, 0.1) is 5.82 Å². The van der Waals surface area contributed by atoms with E-state index < -0.39 is 23.5 Å². The van der Waals surface area contributed by atoms with Crippen molar-refractivity contribution in [3.63, 3.8) is 0 Å². The molecular weight excluding hydrogens is 468 g/mol. The molecule has 2 N–H and O–H groups in total. The lowest BCUT2D eigenvalue weighted by atomic mass is 9.92. The molecule has 0 aromatic heterocycles. The first kappa shape index (κ1) is 23.4. The number of hydrogen-bond acceptors (Lipinski definition) is 5. The number of nitrogens with one attached hydrogen (secondary N) is 1. The lowest BCUT2D eigenvalue weighted by Gasteiger charge is -2.39. The molecule has 0 bridgehead atoms. The summed E-state index contributed by atoms with van der Waals surface area (Å²) >= 11 is 6.16. The molecule has 6 nitrogen and oxygen atoms in total. The van der Waals surface area contributed by atoms with Crippen LogP contribution >= 0.6 is 11.6 Å². The van der Waals surface area contributed by atoms with Gasteiger partial charge in [-0.2, -0.15) is 0 Å². The van der Waals surface area contributed by atoms with Crippen molar-refractivity contribution in [2.24, 2.45) is 0 Å². The van der Waals surface area contributed by atoms with Gasteiger partial charge >= 0.3 is 6.36 Å². The second-order valence-electron chi connectivity index (χ2n) is 8.11. The van der Waals surface area contributed by atoms with E-state index in [2.05, 4.69) is 10.1 Å². The number of carbonyl (C=O) groups excluding carboxylic acids is 1. The van der Waals surface area contributed by atoms with Gasteiger partial charge in [0.2, 0.25) is 5.91 Å². The summed E-state index contributed by atoms with van der Waals surface area (Å²) in [5.41, 5.74) is 0.249. The van der Waals surface area contributed by atoms with Crippen molar-refractivity contribution >= 4 is 28.9 Å². The van der Waals surface area contributed by atoms with E-state index in [0.717, 1.165) is 11.6 Å². The average molecular weight is 489 g/mol. The molecule has 2 aromatic carbocycles. The molecule has 0 radical (unpaired) electrons. The maximum absolute atomic E-state index is 14.4. The number of benzene rings is 2. The Morgan fingerprint density at radius 2 is 1.88 bits per heavy atom. The number of piperidine rings is 1. The normalized spacial score (nSPS) is 17.9. The number of hydrogen-bond donors (Lipinski definition) is 2. The minimum atomic E-state index is -4.90. The van der Waals surface area contributed by atoms with Crippen LogP contribution in [0.5, 0.6) is 11.5 Å². The van der Waals surface area contributed by atoms with Gasteiger partial charge in [-0.25, -0.2) is 4.39 Å². The molecule has 0 aliphatic carbocycles. The number of amides is 1. The predicted octanol–water partition coefficient (Wildman–Crippen LogP) is 4.67. The summed E-state index contributed by atoms with van der Waals surface area (Å²) in [4.78, 5) is 13.3. The van der Waals surface area contributed by atoms with Crippen LogP contribution < -0.4 is 19.7 Å². The zero-order valence-corrected chi connectivity index (χ0v) is 18.1. The van der Waals surface area contributed by atoms with Crippen molar-refractivity contribution < 1.29 is 36.9 Å².